The Balaban J connectivity index is 1.61. The van der Waals surface area contributed by atoms with E-state index in [1.54, 1.807) is 11.8 Å². The van der Waals surface area contributed by atoms with Crippen molar-refractivity contribution in [3.63, 3.8) is 0 Å². The fraction of sp³-hybridized carbons (Fsp3) is 0.750. The number of hydrogen-bond donors (Lipinski definition) is 2. The molecule has 0 spiro atoms. The zero-order valence-corrected chi connectivity index (χ0v) is 15.7. The largest absolute Gasteiger partial charge is 0.481 e. The molecule has 25 heavy (non-hydrogen) atoms. The number of aryl methyl sites for hydroxylation is 1. The second-order valence-corrected chi connectivity index (χ2v) is 8.45. The minimum atomic E-state index is -0.823. The van der Waals surface area contributed by atoms with Gasteiger partial charge in [-0.05, 0) is 12.8 Å². The number of fused-ring (bicyclic) bond motifs is 1. The summed E-state index contributed by atoms with van der Waals surface area (Å²) in [5, 5.41) is 17.1. The third-order valence-electron chi connectivity index (χ3n) is 4.98. The van der Waals surface area contributed by atoms with E-state index in [0.717, 1.165) is 13.1 Å². The monoisotopic (exact) mass is 367 g/mol. The number of amides is 1. The molecule has 1 aromatic rings. The van der Waals surface area contributed by atoms with Crippen molar-refractivity contribution in [1.29, 1.82) is 0 Å². The van der Waals surface area contributed by atoms with E-state index in [1.807, 2.05) is 0 Å². The Morgan fingerprint density at radius 1 is 1.40 bits per heavy atom. The van der Waals surface area contributed by atoms with Crippen LogP contribution in [0.15, 0.2) is 5.16 Å². The molecular weight excluding hydrogens is 342 g/mol. The van der Waals surface area contributed by atoms with Crippen molar-refractivity contribution in [3.05, 3.63) is 5.82 Å². The average molecular weight is 367 g/mol. The molecule has 1 aromatic heterocycles. The smallest absolute Gasteiger partial charge is 0.313 e. The highest BCUT2D eigenvalue weighted by molar-refractivity contribution is 7.99. The average Bonchev–Trinajstić information content (AvgIpc) is 3.16. The van der Waals surface area contributed by atoms with Crippen LogP contribution in [0.4, 0.5) is 0 Å². The molecular formula is C16H25N5O3S. The summed E-state index contributed by atoms with van der Waals surface area (Å²) in [4.78, 5) is 32.6. The first-order chi connectivity index (χ1) is 11.8. The maximum atomic E-state index is 12.5. The third kappa shape index (κ3) is 3.67. The molecule has 3 rings (SSSR count). The van der Waals surface area contributed by atoms with Crippen LogP contribution in [0.1, 0.15) is 19.7 Å². The van der Waals surface area contributed by atoms with Crippen LogP contribution in [-0.2, 0) is 9.59 Å². The van der Waals surface area contributed by atoms with Crippen molar-refractivity contribution in [2.75, 3.05) is 38.5 Å². The lowest BCUT2D eigenvalue weighted by atomic mass is 9.81. The Hall–Kier alpha value is -1.61. The maximum Gasteiger partial charge on any atom is 0.313 e. The molecule has 2 N–H and O–H groups in total. The van der Waals surface area contributed by atoms with Gasteiger partial charge in [-0.15, -0.1) is 5.10 Å². The van der Waals surface area contributed by atoms with Crippen LogP contribution in [0, 0.1) is 24.2 Å². The molecule has 138 valence electrons. The normalized spacial score (nSPS) is 26.4. The SMILES string of the molecule is Cc1nc(SCC(=O)N2C[C@@H]3CN(CC(C)C)C[C@]3(C(=O)O)C2)n[nH]1. The molecule has 2 saturated heterocycles. The number of carbonyl (C=O) groups is 2. The minimum absolute atomic E-state index is 0.00320. The van der Waals surface area contributed by atoms with Crippen molar-refractivity contribution >= 4 is 23.6 Å². The molecule has 2 fully saturated rings. The zero-order chi connectivity index (χ0) is 18.2. The first-order valence-corrected chi connectivity index (χ1v) is 9.54. The molecule has 2 aliphatic heterocycles. The summed E-state index contributed by atoms with van der Waals surface area (Å²) in [5.41, 5.74) is -0.823. The van der Waals surface area contributed by atoms with Crippen molar-refractivity contribution in [2.45, 2.75) is 25.9 Å². The van der Waals surface area contributed by atoms with Crippen LogP contribution in [-0.4, -0.2) is 80.4 Å². The molecule has 0 bridgehead atoms. The van der Waals surface area contributed by atoms with Gasteiger partial charge in [0, 0.05) is 38.6 Å². The lowest BCUT2D eigenvalue weighted by Crippen LogP contribution is -2.42. The van der Waals surface area contributed by atoms with Crippen LogP contribution in [0.5, 0.6) is 0 Å². The lowest BCUT2D eigenvalue weighted by molar-refractivity contribution is -0.149. The molecule has 3 heterocycles. The quantitative estimate of drug-likeness (QED) is 0.714. The van der Waals surface area contributed by atoms with Crippen LogP contribution in [0.3, 0.4) is 0 Å². The van der Waals surface area contributed by atoms with Gasteiger partial charge in [0.05, 0.1) is 5.75 Å². The number of carboxylic acid groups (broad SMARTS) is 1. The van der Waals surface area contributed by atoms with Gasteiger partial charge in [-0.3, -0.25) is 14.7 Å². The van der Waals surface area contributed by atoms with E-state index in [2.05, 4.69) is 33.9 Å². The Bertz CT molecular complexity index is 664. The van der Waals surface area contributed by atoms with Gasteiger partial charge in [0.1, 0.15) is 11.2 Å². The second-order valence-electron chi connectivity index (χ2n) is 7.51. The number of H-pyrrole nitrogens is 1. The highest BCUT2D eigenvalue weighted by Gasteiger charge is 2.58. The number of rotatable bonds is 6. The summed E-state index contributed by atoms with van der Waals surface area (Å²) >= 11 is 1.28. The van der Waals surface area contributed by atoms with E-state index in [-0.39, 0.29) is 17.6 Å². The summed E-state index contributed by atoms with van der Waals surface area (Å²) < 4.78 is 0. The molecule has 0 unspecified atom stereocenters. The van der Waals surface area contributed by atoms with E-state index >= 15 is 0 Å². The first kappa shape index (κ1) is 18.2. The summed E-state index contributed by atoms with van der Waals surface area (Å²) in [6.07, 6.45) is 0. The summed E-state index contributed by atoms with van der Waals surface area (Å²) in [5.74, 6) is 0.622. The number of thioether (sulfide) groups is 1. The van der Waals surface area contributed by atoms with Crippen molar-refractivity contribution < 1.29 is 14.7 Å². The number of nitrogens with one attached hydrogen (secondary N) is 1. The zero-order valence-electron chi connectivity index (χ0n) is 14.9. The minimum Gasteiger partial charge on any atom is -0.481 e. The summed E-state index contributed by atoms with van der Waals surface area (Å²) in [7, 11) is 0. The molecule has 8 nitrogen and oxygen atoms in total. The van der Waals surface area contributed by atoms with Gasteiger partial charge < -0.3 is 14.9 Å². The lowest BCUT2D eigenvalue weighted by Gasteiger charge is -2.26. The van der Waals surface area contributed by atoms with E-state index in [0.29, 0.717) is 36.5 Å². The van der Waals surface area contributed by atoms with Gasteiger partial charge in [-0.25, -0.2) is 4.98 Å². The standard InChI is InChI=1S/C16H25N5O3S/c1-10(2)4-20-5-12-6-21(9-16(12,8-20)14(23)24)13(22)7-25-15-17-11(3)18-19-15/h10,12H,4-9H2,1-3H3,(H,23,24)(H,17,18,19)/t12-,16-/m0/s1. The van der Waals surface area contributed by atoms with Gasteiger partial charge >= 0.3 is 5.97 Å². The fourth-order valence-corrected chi connectivity index (χ4v) is 4.67. The van der Waals surface area contributed by atoms with Gasteiger partial charge in [-0.1, -0.05) is 25.6 Å². The van der Waals surface area contributed by atoms with Crippen LogP contribution >= 0.6 is 11.8 Å². The predicted octanol–water partition coefficient (Wildman–Crippen LogP) is 0.706. The van der Waals surface area contributed by atoms with E-state index < -0.39 is 11.4 Å². The van der Waals surface area contributed by atoms with E-state index in [4.69, 9.17) is 0 Å². The number of hydrogen-bond acceptors (Lipinski definition) is 6. The molecule has 2 atom stereocenters. The van der Waals surface area contributed by atoms with Crippen molar-refractivity contribution in [2.24, 2.45) is 17.3 Å². The number of carboxylic acids is 1. The number of aliphatic carboxylic acids is 1. The molecule has 0 saturated carbocycles. The predicted molar refractivity (Wildman–Crippen MR) is 93.3 cm³/mol. The number of aromatic amines is 1. The number of aromatic nitrogens is 3. The van der Waals surface area contributed by atoms with Crippen LogP contribution in [0.2, 0.25) is 0 Å². The van der Waals surface area contributed by atoms with Crippen molar-refractivity contribution in [3.8, 4) is 0 Å². The molecule has 0 aromatic carbocycles. The molecule has 0 radical (unpaired) electrons. The molecule has 0 aliphatic carbocycles. The Kier molecular flexibility index (Phi) is 5.06. The first-order valence-electron chi connectivity index (χ1n) is 8.55. The van der Waals surface area contributed by atoms with Gasteiger partial charge in [0.2, 0.25) is 11.1 Å². The van der Waals surface area contributed by atoms with Crippen molar-refractivity contribution in [1.82, 2.24) is 25.0 Å². The van der Waals surface area contributed by atoms with E-state index in [1.165, 1.54) is 11.8 Å². The maximum absolute atomic E-state index is 12.5. The number of nitrogens with zero attached hydrogens (tertiary/aromatic N) is 4. The fourth-order valence-electron chi connectivity index (χ4n) is 3.92. The highest BCUT2D eigenvalue weighted by atomic mass is 32.2. The van der Waals surface area contributed by atoms with Gasteiger partial charge in [-0.2, -0.15) is 0 Å². The van der Waals surface area contributed by atoms with Gasteiger partial charge in [0.25, 0.3) is 0 Å². The Labute approximate surface area is 151 Å². The van der Waals surface area contributed by atoms with E-state index in [9.17, 15) is 14.7 Å². The highest BCUT2D eigenvalue weighted by Crippen LogP contribution is 2.43. The Morgan fingerprint density at radius 3 is 2.72 bits per heavy atom. The van der Waals surface area contributed by atoms with Crippen LogP contribution in [0.25, 0.3) is 0 Å². The molecule has 2 aliphatic rings. The molecule has 9 heteroatoms. The second kappa shape index (κ2) is 6.95. The van der Waals surface area contributed by atoms with Gasteiger partial charge in [0.15, 0.2) is 0 Å². The Morgan fingerprint density at radius 2 is 2.16 bits per heavy atom. The topological polar surface area (TPSA) is 102 Å². The summed E-state index contributed by atoms with van der Waals surface area (Å²) in [6.45, 7) is 9.09. The number of likely N-dealkylation sites (tertiary alicyclic amines) is 2. The van der Waals surface area contributed by atoms with Crippen LogP contribution < -0.4 is 0 Å². The third-order valence-corrected chi connectivity index (χ3v) is 5.82. The summed E-state index contributed by atoms with van der Waals surface area (Å²) in [6, 6.07) is 0. The number of carbonyl (C=O) groups excluding carboxylic acids is 1. The molecule has 1 amide bonds.